The summed E-state index contributed by atoms with van der Waals surface area (Å²) in [7, 11) is 0. The smallest absolute Gasteiger partial charge is 0.244 e. The van der Waals surface area contributed by atoms with E-state index in [1.807, 2.05) is 12.4 Å². The largest absolute Gasteiger partial charge is 0.350 e. The van der Waals surface area contributed by atoms with E-state index >= 15 is 0 Å². The Morgan fingerprint density at radius 2 is 1.82 bits per heavy atom. The SMILES string of the molecule is O=C(/C=C/c1cc(F)cc(F)c1)N[C@H]1CC[C@@H](CN2CCC(n3cnc4ccccc43)CC2)C1. The molecule has 5 nitrogen and oxygen atoms in total. The van der Waals surface area contributed by atoms with Gasteiger partial charge in [0.05, 0.1) is 17.4 Å². The third-order valence-electron chi connectivity index (χ3n) is 7.15. The fourth-order valence-corrected chi connectivity index (χ4v) is 5.48. The first kappa shape index (κ1) is 22.7. The molecular weight excluding hydrogens is 434 g/mol. The quantitative estimate of drug-likeness (QED) is 0.525. The molecule has 5 rings (SSSR count). The molecule has 1 aromatic heterocycles. The molecule has 1 aliphatic heterocycles. The minimum absolute atomic E-state index is 0.154. The number of aromatic nitrogens is 2. The van der Waals surface area contributed by atoms with Gasteiger partial charge in [-0.1, -0.05) is 12.1 Å². The van der Waals surface area contributed by atoms with Crippen LogP contribution in [-0.4, -0.2) is 46.0 Å². The number of halogens is 2. The number of benzene rings is 2. The molecule has 0 radical (unpaired) electrons. The van der Waals surface area contributed by atoms with Crippen molar-refractivity contribution in [2.45, 2.75) is 44.2 Å². The van der Waals surface area contributed by atoms with Gasteiger partial charge >= 0.3 is 0 Å². The molecule has 2 heterocycles. The second kappa shape index (κ2) is 10.1. The molecule has 1 saturated heterocycles. The molecule has 178 valence electrons. The van der Waals surface area contributed by atoms with Crippen LogP contribution in [0.1, 0.15) is 43.7 Å². The van der Waals surface area contributed by atoms with Crippen molar-refractivity contribution < 1.29 is 13.6 Å². The highest BCUT2D eigenvalue weighted by Crippen LogP contribution is 2.30. The molecule has 1 saturated carbocycles. The second-order valence-corrected chi connectivity index (χ2v) is 9.59. The van der Waals surface area contributed by atoms with Crippen molar-refractivity contribution in [3.63, 3.8) is 0 Å². The second-order valence-electron chi connectivity index (χ2n) is 9.59. The molecular formula is C27H30F2N4O. The minimum Gasteiger partial charge on any atom is -0.350 e. The van der Waals surface area contributed by atoms with Crippen LogP contribution < -0.4 is 5.32 Å². The van der Waals surface area contributed by atoms with E-state index in [1.54, 1.807) is 0 Å². The van der Waals surface area contributed by atoms with Crippen LogP contribution in [0.15, 0.2) is 54.9 Å². The summed E-state index contributed by atoms with van der Waals surface area (Å²) in [5, 5.41) is 3.05. The number of rotatable bonds is 6. The van der Waals surface area contributed by atoms with Crippen molar-refractivity contribution in [3.05, 3.63) is 72.1 Å². The molecule has 7 heteroatoms. The zero-order valence-electron chi connectivity index (χ0n) is 19.2. The van der Waals surface area contributed by atoms with Gasteiger partial charge in [0.25, 0.3) is 0 Å². The van der Waals surface area contributed by atoms with Gasteiger partial charge in [-0.2, -0.15) is 0 Å². The zero-order valence-corrected chi connectivity index (χ0v) is 19.2. The summed E-state index contributed by atoms with van der Waals surface area (Å²) in [4.78, 5) is 19.4. The molecule has 1 N–H and O–H groups in total. The molecule has 1 amide bonds. The van der Waals surface area contributed by atoms with E-state index in [1.165, 1.54) is 29.8 Å². The lowest BCUT2D eigenvalue weighted by atomic mass is 10.0. The number of amides is 1. The number of nitrogens with zero attached hydrogens (tertiary/aromatic N) is 3. The van der Waals surface area contributed by atoms with E-state index < -0.39 is 11.6 Å². The molecule has 1 aliphatic carbocycles. The van der Waals surface area contributed by atoms with E-state index in [0.717, 1.165) is 63.3 Å². The van der Waals surface area contributed by atoms with Crippen LogP contribution >= 0.6 is 0 Å². The van der Waals surface area contributed by atoms with E-state index in [9.17, 15) is 13.6 Å². The molecule has 2 aliphatic rings. The fourth-order valence-electron chi connectivity index (χ4n) is 5.48. The molecule has 3 aromatic rings. The third kappa shape index (κ3) is 5.36. The summed E-state index contributed by atoms with van der Waals surface area (Å²) < 4.78 is 28.9. The lowest BCUT2D eigenvalue weighted by Crippen LogP contribution is -2.38. The monoisotopic (exact) mass is 464 g/mol. The van der Waals surface area contributed by atoms with Gasteiger partial charge in [-0.15, -0.1) is 0 Å². The molecule has 34 heavy (non-hydrogen) atoms. The Morgan fingerprint density at radius 1 is 1.06 bits per heavy atom. The highest BCUT2D eigenvalue weighted by molar-refractivity contribution is 5.91. The normalized spacial score (nSPS) is 22.1. The topological polar surface area (TPSA) is 50.2 Å². The Kier molecular flexibility index (Phi) is 6.72. The summed E-state index contributed by atoms with van der Waals surface area (Å²) in [6.45, 7) is 3.23. The maximum atomic E-state index is 13.3. The molecule has 0 spiro atoms. The van der Waals surface area contributed by atoms with Gasteiger partial charge in [0.1, 0.15) is 11.6 Å². The van der Waals surface area contributed by atoms with Crippen LogP contribution in [0.5, 0.6) is 0 Å². The Labute approximate surface area is 198 Å². The molecule has 2 atom stereocenters. The van der Waals surface area contributed by atoms with Gasteiger partial charge in [0.2, 0.25) is 5.91 Å². The van der Waals surface area contributed by atoms with Gasteiger partial charge in [0, 0.05) is 43.9 Å². The molecule has 0 bridgehead atoms. The number of imidazole rings is 1. The number of para-hydroxylation sites is 2. The van der Waals surface area contributed by atoms with Crippen molar-refractivity contribution in [1.29, 1.82) is 0 Å². The summed E-state index contributed by atoms with van der Waals surface area (Å²) in [6, 6.07) is 12.2. The number of piperidine rings is 1. The lowest BCUT2D eigenvalue weighted by molar-refractivity contribution is -0.117. The van der Waals surface area contributed by atoms with Crippen molar-refractivity contribution >= 4 is 23.0 Å². The van der Waals surface area contributed by atoms with Gasteiger partial charge in [0.15, 0.2) is 0 Å². The molecule has 0 unspecified atom stereocenters. The van der Waals surface area contributed by atoms with Gasteiger partial charge in [-0.25, -0.2) is 13.8 Å². The first-order valence-corrected chi connectivity index (χ1v) is 12.1. The maximum Gasteiger partial charge on any atom is 0.244 e. The van der Waals surface area contributed by atoms with Crippen LogP contribution in [0, 0.1) is 17.6 Å². The Hall–Kier alpha value is -3.06. The van der Waals surface area contributed by atoms with Crippen molar-refractivity contribution in [3.8, 4) is 0 Å². The van der Waals surface area contributed by atoms with Crippen molar-refractivity contribution in [1.82, 2.24) is 19.8 Å². The first-order chi connectivity index (χ1) is 16.5. The zero-order chi connectivity index (χ0) is 23.5. The van der Waals surface area contributed by atoms with E-state index in [0.29, 0.717) is 17.5 Å². The number of likely N-dealkylation sites (tertiary alicyclic amines) is 1. The van der Waals surface area contributed by atoms with Gasteiger partial charge in [-0.3, -0.25) is 4.79 Å². The Balaban J connectivity index is 1.07. The van der Waals surface area contributed by atoms with E-state index in [-0.39, 0.29) is 11.9 Å². The average molecular weight is 465 g/mol. The van der Waals surface area contributed by atoms with Crippen molar-refractivity contribution in [2.24, 2.45) is 5.92 Å². The number of carbonyl (C=O) groups is 1. The summed E-state index contributed by atoms with van der Waals surface area (Å²) in [5.41, 5.74) is 2.61. The highest BCUT2D eigenvalue weighted by atomic mass is 19.1. The number of hydrogen-bond donors (Lipinski definition) is 1. The number of fused-ring (bicyclic) bond motifs is 1. The maximum absolute atomic E-state index is 13.3. The number of carbonyl (C=O) groups excluding carboxylic acids is 1. The molecule has 2 fully saturated rings. The van der Waals surface area contributed by atoms with E-state index in [4.69, 9.17) is 0 Å². The van der Waals surface area contributed by atoms with Gasteiger partial charge < -0.3 is 14.8 Å². The fraction of sp³-hybridized carbons (Fsp3) is 0.407. The van der Waals surface area contributed by atoms with Crippen LogP contribution in [0.3, 0.4) is 0 Å². The van der Waals surface area contributed by atoms with Crippen LogP contribution in [0.25, 0.3) is 17.1 Å². The minimum atomic E-state index is -0.652. The van der Waals surface area contributed by atoms with Crippen LogP contribution in [0.2, 0.25) is 0 Å². The number of nitrogens with one attached hydrogen (secondary N) is 1. The summed E-state index contributed by atoms with van der Waals surface area (Å²) in [6.07, 6.45) is 10.1. The Bertz CT molecular complexity index is 1160. The average Bonchev–Trinajstić information content (AvgIpc) is 3.44. The van der Waals surface area contributed by atoms with Crippen molar-refractivity contribution in [2.75, 3.05) is 19.6 Å². The first-order valence-electron chi connectivity index (χ1n) is 12.1. The van der Waals surface area contributed by atoms with E-state index in [2.05, 4.69) is 38.0 Å². The number of hydrogen-bond acceptors (Lipinski definition) is 3. The standard InChI is InChI=1S/C27H30F2N4O/c28-21-13-19(14-22(29)16-21)6-8-27(34)31-23-7-5-20(15-23)17-32-11-9-24(10-12-32)33-18-30-25-3-1-2-4-26(25)33/h1-4,6,8,13-14,16,18,20,23-24H,5,7,9-12,15,17H2,(H,31,34)/b8-6+/t20-,23+/m1/s1. The van der Waals surface area contributed by atoms with Crippen LogP contribution in [-0.2, 0) is 4.79 Å². The highest BCUT2D eigenvalue weighted by Gasteiger charge is 2.29. The lowest BCUT2D eigenvalue weighted by Gasteiger charge is -2.34. The third-order valence-corrected chi connectivity index (χ3v) is 7.15. The summed E-state index contributed by atoms with van der Waals surface area (Å²) >= 11 is 0. The Morgan fingerprint density at radius 3 is 2.62 bits per heavy atom. The van der Waals surface area contributed by atoms with Gasteiger partial charge in [-0.05, 0) is 73.9 Å². The van der Waals surface area contributed by atoms with Crippen LogP contribution in [0.4, 0.5) is 8.78 Å². The predicted octanol–water partition coefficient (Wildman–Crippen LogP) is 4.95. The predicted molar refractivity (Wildman–Crippen MR) is 129 cm³/mol. The summed E-state index contributed by atoms with van der Waals surface area (Å²) in [5.74, 6) is -0.942. The molecule has 2 aromatic carbocycles.